The van der Waals surface area contributed by atoms with E-state index in [1.54, 1.807) is 23.1 Å². The minimum atomic E-state index is -0.0866. The second-order valence-electron chi connectivity index (χ2n) is 5.43. The van der Waals surface area contributed by atoms with Gasteiger partial charge in [0.05, 0.1) is 12.7 Å². The first-order valence-corrected chi connectivity index (χ1v) is 7.44. The van der Waals surface area contributed by atoms with Crippen molar-refractivity contribution in [2.45, 2.75) is 19.6 Å². The summed E-state index contributed by atoms with van der Waals surface area (Å²) in [5.74, 6) is -0.0866. The molecule has 0 radical (unpaired) electrons. The molecule has 1 atom stereocenters. The van der Waals surface area contributed by atoms with Crippen molar-refractivity contribution >= 4 is 17.3 Å². The van der Waals surface area contributed by atoms with Gasteiger partial charge in [-0.1, -0.05) is 0 Å². The number of carbonyl (C=O) groups is 1. The number of amides is 1. The van der Waals surface area contributed by atoms with Gasteiger partial charge >= 0.3 is 0 Å². The first kappa shape index (κ1) is 14.6. The average molecular weight is 300 g/mol. The number of benzene rings is 1. The molecule has 1 aliphatic heterocycles. The van der Waals surface area contributed by atoms with Crippen LogP contribution in [0.1, 0.15) is 6.92 Å². The van der Waals surface area contributed by atoms with E-state index >= 15 is 0 Å². The number of ether oxygens (including phenoxy) is 1. The van der Waals surface area contributed by atoms with Gasteiger partial charge in [0.1, 0.15) is 6.54 Å². The summed E-state index contributed by atoms with van der Waals surface area (Å²) in [6.45, 7) is 4.84. The summed E-state index contributed by atoms with van der Waals surface area (Å²) in [6, 6.07) is 9.71. The summed E-state index contributed by atoms with van der Waals surface area (Å²) in [5.41, 5.74) is 1.95. The predicted molar refractivity (Wildman–Crippen MR) is 84.9 cm³/mol. The van der Waals surface area contributed by atoms with Gasteiger partial charge in [-0.05, 0) is 37.3 Å². The van der Waals surface area contributed by atoms with E-state index in [0.717, 1.165) is 31.1 Å². The van der Waals surface area contributed by atoms with Crippen molar-refractivity contribution in [3.8, 4) is 0 Å². The topological polar surface area (TPSA) is 59.4 Å². The van der Waals surface area contributed by atoms with Crippen LogP contribution in [0.5, 0.6) is 0 Å². The molecule has 0 bridgehead atoms. The molecule has 1 aliphatic rings. The summed E-state index contributed by atoms with van der Waals surface area (Å²) in [6.07, 6.45) is 3.68. The Hall–Kier alpha value is -2.34. The van der Waals surface area contributed by atoms with Gasteiger partial charge < -0.3 is 15.0 Å². The van der Waals surface area contributed by atoms with Crippen LogP contribution in [0.3, 0.4) is 0 Å². The Morgan fingerprint density at radius 1 is 1.41 bits per heavy atom. The van der Waals surface area contributed by atoms with Gasteiger partial charge in [0, 0.05) is 36.9 Å². The second-order valence-corrected chi connectivity index (χ2v) is 5.43. The summed E-state index contributed by atoms with van der Waals surface area (Å²) in [5, 5.41) is 6.89. The molecular weight excluding hydrogens is 280 g/mol. The van der Waals surface area contributed by atoms with Crippen LogP contribution >= 0.6 is 0 Å². The van der Waals surface area contributed by atoms with Crippen LogP contribution in [0.4, 0.5) is 11.4 Å². The smallest absolute Gasteiger partial charge is 0.246 e. The number of hydrogen-bond donors (Lipinski definition) is 1. The van der Waals surface area contributed by atoms with E-state index in [1.807, 2.05) is 24.3 Å². The van der Waals surface area contributed by atoms with Gasteiger partial charge in [-0.15, -0.1) is 0 Å². The Balaban J connectivity index is 1.58. The van der Waals surface area contributed by atoms with Crippen molar-refractivity contribution in [2.24, 2.45) is 0 Å². The largest absolute Gasteiger partial charge is 0.375 e. The van der Waals surface area contributed by atoms with Crippen molar-refractivity contribution in [3.05, 3.63) is 42.7 Å². The lowest BCUT2D eigenvalue weighted by molar-refractivity contribution is -0.116. The van der Waals surface area contributed by atoms with E-state index in [4.69, 9.17) is 4.74 Å². The Bertz CT molecular complexity index is 610. The second kappa shape index (κ2) is 6.62. The highest BCUT2D eigenvalue weighted by atomic mass is 16.5. The first-order valence-electron chi connectivity index (χ1n) is 7.44. The zero-order valence-electron chi connectivity index (χ0n) is 12.6. The SMILES string of the molecule is CC1CN(c2ccc(NC(=O)Cn3cccn3)cc2)CCO1. The van der Waals surface area contributed by atoms with Crippen molar-refractivity contribution in [1.82, 2.24) is 9.78 Å². The molecule has 22 heavy (non-hydrogen) atoms. The third-order valence-electron chi connectivity index (χ3n) is 3.62. The lowest BCUT2D eigenvalue weighted by Crippen LogP contribution is -2.41. The maximum Gasteiger partial charge on any atom is 0.246 e. The number of carbonyl (C=O) groups excluding carboxylic acids is 1. The molecule has 1 aromatic heterocycles. The number of morpholine rings is 1. The molecular formula is C16H20N4O2. The van der Waals surface area contributed by atoms with E-state index < -0.39 is 0 Å². The molecule has 1 saturated heterocycles. The predicted octanol–water partition coefficient (Wildman–Crippen LogP) is 1.75. The minimum Gasteiger partial charge on any atom is -0.375 e. The summed E-state index contributed by atoms with van der Waals surface area (Å²) >= 11 is 0. The van der Waals surface area contributed by atoms with Gasteiger partial charge in [-0.2, -0.15) is 5.10 Å². The number of hydrogen-bond acceptors (Lipinski definition) is 4. The Morgan fingerprint density at radius 2 is 2.23 bits per heavy atom. The average Bonchev–Trinajstić information content (AvgIpc) is 3.01. The fourth-order valence-corrected chi connectivity index (χ4v) is 2.55. The van der Waals surface area contributed by atoms with E-state index in [1.165, 1.54) is 0 Å². The Kier molecular flexibility index (Phi) is 4.39. The van der Waals surface area contributed by atoms with Gasteiger partial charge in [0.25, 0.3) is 0 Å². The molecule has 1 amide bonds. The van der Waals surface area contributed by atoms with Crippen LogP contribution < -0.4 is 10.2 Å². The molecule has 116 valence electrons. The minimum absolute atomic E-state index is 0.0866. The van der Waals surface area contributed by atoms with Crippen molar-refractivity contribution < 1.29 is 9.53 Å². The molecule has 6 heteroatoms. The number of rotatable bonds is 4. The van der Waals surface area contributed by atoms with Crippen LogP contribution in [0.2, 0.25) is 0 Å². The fraction of sp³-hybridized carbons (Fsp3) is 0.375. The van der Waals surface area contributed by atoms with Crippen molar-refractivity contribution in [2.75, 3.05) is 29.9 Å². The Morgan fingerprint density at radius 3 is 2.91 bits per heavy atom. The number of aromatic nitrogens is 2. The molecule has 6 nitrogen and oxygen atoms in total. The monoisotopic (exact) mass is 300 g/mol. The molecule has 1 N–H and O–H groups in total. The lowest BCUT2D eigenvalue weighted by Gasteiger charge is -2.33. The molecule has 3 rings (SSSR count). The number of nitrogens with zero attached hydrogens (tertiary/aromatic N) is 3. The van der Waals surface area contributed by atoms with Gasteiger partial charge in [-0.3, -0.25) is 9.48 Å². The lowest BCUT2D eigenvalue weighted by atomic mass is 10.2. The van der Waals surface area contributed by atoms with Crippen LogP contribution in [-0.2, 0) is 16.1 Å². The van der Waals surface area contributed by atoms with E-state index in [9.17, 15) is 4.79 Å². The molecule has 2 heterocycles. The van der Waals surface area contributed by atoms with Gasteiger partial charge in [0.15, 0.2) is 0 Å². The number of nitrogens with one attached hydrogen (secondary N) is 1. The summed E-state index contributed by atoms with van der Waals surface area (Å²) < 4.78 is 7.14. The molecule has 1 unspecified atom stereocenters. The van der Waals surface area contributed by atoms with Gasteiger partial charge in [0.2, 0.25) is 5.91 Å². The zero-order chi connectivity index (χ0) is 15.4. The molecule has 0 spiro atoms. The molecule has 0 saturated carbocycles. The summed E-state index contributed by atoms with van der Waals surface area (Å²) in [7, 11) is 0. The van der Waals surface area contributed by atoms with Crippen molar-refractivity contribution in [1.29, 1.82) is 0 Å². The highest BCUT2D eigenvalue weighted by molar-refractivity contribution is 5.90. The molecule has 1 aromatic carbocycles. The zero-order valence-corrected chi connectivity index (χ0v) is 12.6. The Labute approximate surface area is 129 Å². The molecule has 0 aliphatic carbocycles. The maximum atomic E-state index is 11.9. The third-order valence-corrected chi connectivity index (χ3v) is 3.62. The first-order chi connectivity index (χ1) is 10.7. The van der Waals surface area contributed by atoms with E-state index in [2.05, 4.69) is 22.2 Å². The van der Waals surface area contributed by atoms with Crippen LogP contribution in [0, 0.1) is 0 Å². The highest BCUT2D eigenvalue weighted by Gasteiger charge is 2.16. The maximum absolute atomic E-state index is 11.9. The molecule has 2 aromatic rings. The van der Waals surface area contributed by atoms with Crippen LogP contribution in [0.25, 0.3) is 0 Å². The standard InChI is InChI=1S/C16H20N4O2/c1-13-11-19(9-10-22-13)15-5-3-14(4-6-15)18-16(21)12-20-8-2-7-17-20/h2-8,13H,9-12H2,1H3,(H,18,21). The quantitative estimate of drug-likeness (QED) is 0.934. The normalized spacial score (nSPS) is 18.2. The number of anilines is 2. The fourth-order valence-electron chi connectivity index (χ4n) is 2.55. The van der Waals surface area contributed by atoms with E-state index in [-0.39, 0.29) is 18.6 Å². The van der Waals surface area contributed by atoms with Gasteiger partial charge in [-0.25, -0.2) is 0 Å². The van der Waals surface area contributed by atoms with Crippen LogP contribution in [-0.4, -0.2) is 41.5 Å². The van der Waals surface area contributed by atoms with E-state index in [0.29, 0.717) is 0 Å². The molecule has 1 fully saturated rings. The van der Waals surface area contributed by atoms with Crippen LogP contribution in [0.15, 0.2) is 42.7 Å². The highest BCUT2D eigenvalue weighted by Crippen LogP contribution is 2.20. The van der Waals surface area contributed by atoms with Crippen molar-refractivity contribution in [3.63, 3.8) is 0 Å². The summed E-state index contributed by atoms with van der Waals surface area (Å²) in [4.78, 5) is 14.2. The third kappa shape index (κ3) is 3.65.